The number of benzene rings is 1. The van der Waals surface area contributed by atoms with Gasteiger partial charge in [0.05, 0.1) is 4.47 Å². The van der Waals surface area contributed by atoms with E-state index in [2.05, 4.69) is 37.7 Å². The topological polar surface area (TPSA) is 55.0 Å². The molecule has 0 unspecified atom stereocenters. The van der Waals surface area contributed by atoms with Crippen LogP contribution in [0.15, 0.2) is 41.0 Å². The van der Waals surface area contributed by atoms with Crippen LogP contribution in [0.5, 0.6) is 0 Å². The monoisotopic (exact) mass is 292 g/mol. The highest BCUT2D eigenvalue weighted by atomic mass is 79.9. The van der Waals surface area contributed by atoms with Gasteiger partial charge in [-0.05, 0) is 35.0 Å². The van der Waals surface area contributed by atoms with Crippen molar-refractivity contribution in [2.45, 2.75) is 6.92 Å². The van der Waals surface area contributed by atoms with Gasteiger partial charge in [0.15, 0.2) is 5.82 Å². The Labute approximate surface area is 109 Å². The van der Waals surface area contributed by atoms with Gasteiger partial charge in [0.25, 0.3) is 0 Å². The van der Waals surface area contributed by atoms with Gasteiger partial charge < -0.3 is 10.6 Å². The summed E-state index contributed by atoms with van der Waals surface area (Å²) < 4.78 is 0.831. The summed E-state index contributed by atoms with van der Waals surface area (Å²) in [6.07, 6.45) is 1.67. The molecule has 1 aromatic carbocycles. The van der Waals surface area contributed by atoms with Crippen LogP contribution in [-0.4, -0.2) is 16.5 Å². The normalized spacial score (nSPS) is 10.2. The van der Waals surface area contributed by atoms with Gasteiger partial charge in [0.2, 0.25) is 5.95 Å². The van der Waals surface area contributed by atoms with E-state index in [0.29, 0.717) is 0 Å². The van der Waals surface area contributed by atoms with Crippen LogP contribution in [0.4, 0.5) is 17.5 Å². The molecule has 4 nitrogen and oxygen atoms in total. The number of hydrogen-bond donors (Lipinski definition) is 1. The van der Waals surface area contributed by atoms with Crippen molar-refractivity contribution in [3.8, 4) is 0 Å². The minimum absolute atomic E-state index is 0.276. The van der Waals surface area contributed by atoms with Crippen molar-refractivity contribution in [1.29, 1.82) is 0 Å². The van der Waals surface area contributed by atoms with Crippen LogP contribution >= 0.6 is 15.9 Å². The standard InChI is InChI=1S/C12H13BrN4/c1-2-17(9-6-4-3-5-7-9)11-10(13)8-15-12(14)16-11/h3-8H,2H2,1H3,(H2,14,15,16). The average molecular weight is 293 g/mol. The minimum Gasteiger partial charge on any atom is -0.368 e. The number of rotatable bonds is 3. The molecule has 5 heteroatoms. The van der Waals surface area contributed by atoms with Crippen LogP contribution in [0.2, 0.25) is 0 Å². The Bertz CT molecular complexity index is 501. The van der Waals surface area contributed by atoms with Gasteiger partial charge in [0, 0.05) is 18.4 Å². The smallest absolute Gasteiger partial charge is 0.222 e. The zero-order valence-electron chi connectivity index (χ0n) is 9.47. The number of hydrogen-bond acceptors (Lipinski definition) is 4. The van der Waals surface area contributed by atoms with E-state index in [1.807, 2.05) is 30.3 Å². The van der Waals surface area contributed by atoms with Crippen LogP contribution in [0.3, 0.4) is 0 Å². The van der Waals surface area contributed by atoms with Gasteiger partial charge >= 0.3 is 0 Å². The number of anilines is 3. The van der Waals surface area contributed by atoms with Gasteiger partial charge in [-0.3, -0.25) is 0 Å². The predicted octanol–water partition coefficient (Wildman–Crippen LogP) is 2.98. The molecule has 1 aromatic heterocycles. The van der Waals surface area contributed by atoms with Crippen LogP contribution in [-0.2, 0) is 0 Å². The fourth-order valence-corrected chi connectivity index (χ4v) is 2.03. The molecule has 0 amide bonds. The first kappa shape index (κ1) is 11.9. The molecule has 2 aromatic rings. The maximum Gasteiger partial charge on any atom is 0.222 e. The zero-order chi connectivity index (χ0) is 12.3. The second-order valence-electron chi connectivity index (χ2n) is 3.48. The number of para-hydroxylation sites is 1. The average Bonchev–Trinajstić information content (AvgIpc) is 2.36. The lowest BCUT2D eigenvalue weighted by Crippen LogP contribution is -2.18. The van der Waals surface area contributed by atoms with E-state index in [0.717, 1.165) is 22.5 Å². The molecule has 0 aliphatic heterocycles. The lowest BCUT2D eigenvalue weighted by Gasteiger charge is -2.23. The summed E-state index contributed by atoms with van der Waals surface area (Å²) in [5.41, 5.74) is 6.71. The fraction of sp³-hybridized carbons (Fsp3) is 0.167. The van der Waals surface area contributed by atoms with E-state index >= 15 is 0 Å². The second kappa shape index (κ2) is 5.14. The first-order chi connectivity index (χ1) is 8.22. The number of halogens is 1. The number of nitrogens with two attached hydrogens (primary N) is 1. The number of aromatic nitrogens is 2. The summed E-state index contributed by atoms with van der Waals surface area (Å²) in [4.78, 5) is 10.3. The van der Waals surface area contributed by atoms with Gasteiger partial charge in [-0.25, -0.2) is 4.98 Å². The second-order valence-corrected chi connectivity index (χ2v) is 4.33. The summed E-state index contributed by atoms with van der Waals surface area (Å²) in [7, 11) is 0. The lowest BCUT2D eigenvalue weighted by atomic mass is 10.3. The lowest BCUT2D eigenvalue weighted by molar-refractivity contribution is 0.974. The van der Waals surface area contributed by atoms with Crippen molar-refractivity contribution in [3.05, 3.63) is 41.0 Å². The first-order valence-electron chi connectivity index (χ1n) is 5.33. The van der Waals surface area contributed by atoms with E-state index in [9.17, 15) is 0 Å². The maximum atomic E-state index is 5.63. The predicted molar refractivity (Wildman–Crippen MR) is 73.3 cm³/mol. The van der Waals surface area contributed by atoms with Gasteiger partial charge in [-0.15, -0.1) is 0 Å². The van der Waals surface area contributed by atoms with Crippen molar-refractivity contribution in [2.24, 2.45) is 0 Å². The van der Waals surface area contributed by atoms with Crippen molar-refractivity contribution in [2.75, 3.05) is 17.2 Å². The molecule has 0 aliphatic rings. The molecule has 88 valence electrons. The SMILES string of the molecule is CCN(c1ccccc1)c1nc(N)ncc1Br. The molecule has 0 saturated heterocycles. The zero-order valence-corrected chi connectivity index (χ0v) is 11.1. The Morgan fingerprint density at radius 3 is 2.65 bits per heavy atom. The molecule has 0 bridgehead atoms. The van der Waals surface area contributed by atoms with Crippen LogP contribution < -0.4 is 10.6 Å². The van der Waals surface area contributed by atoms with Gasteiger partial charge in [-0.2, -0.15) is 4.98 Å². The molecule has 0 saturated carbocycles. The highest BCUT2D eigenvalue weighted by Crippen LogP contribution is 2.29. The first-order valence-corrected chi connectivity index (χ1v) is 6.12. The minimum atomic E-state index is 0.276. The highest BCUT2D eigenvalue weighted by Gasteiger charge is 2.12. The van der Waals surface area contributed by atoms with Crippen molar-refractivity contribution < 1.29 is 0 Å². The quantitative estimate of drug-likeness (QED) is 0.945. The Kier molecular flexibility index (Phi) is 3.58. The van der Waals surface area contributed by atoms with Crippen molar-refractivity contribution in [3.63, 3.8) is 0 Å². The highest BCUT2D eigenvalue weighted by molar-refractivity contribution is 9.10. The van der Waals surface area contributed by atoms with E-state index in [1.165, 1.54) is 0 Å². The fourth-order valence-electron chi connectivity index (χ4n) is 1.62. The van der Waals surface area contributed by atoms with E-state index in [4.69, 9.17) is 5.73 Å². The van der Waals surface area contributed by atoms with Gasteiger partial charge in [-0.1, -0.05) is 18.2 Å². The summed E-state index contributed by atoms with van der Waals surface area (Å²) in [5, 5.41) is 0. The summed E-state index contributed by atoms with van der Waals surface area (Å²) in [6.45, 7) is 2.87. The van der Waals surface area contributed by atoms with Crippen LogP contribution in [0.1, 0.15) is 6.92 Å². The molecule has 2 rings (SSSR count). The third-order valence-electron chi connectivity index (χ3n) is 2.38. The Hall–Kier alpha value is -1.62. The molecule has 1 heterocycles. The number of nitrogens with zero attached hydrogens (tertiary/aromatic N) is 3. The molecule has 0 fully saturated rings. The molecule has 2 N–H and O–H groups in total. The summed E-state index contributed by atoms with van der Waals surface area (Å²) >= 11 is 3.45. The Balaban J connectivity index is 2.46. The Morgan fingerprint density at radius 1 is 1.29 bits per heavy atom. The summed E-state index contributed by atoms with van der Waals surface area (Å²) in [6, 6.07) is 10.1. The Morgan fingerprint density at radius 2 is 2.00 bits per heavy atom. The van der Waals surface area contributed by atoms with Crippen LogP contribution in [0.25, 0.3) is 0 Å². The van der Waals surface area contributed by atoms with E-state index in [-0.39, 0.29) is 5.95 Å². The largest absolute Gasteiger partial charge is 0.368 e. The summed E-state index contributed by atoms with van der Waals surface area (Å²) in [5.74, 6) is 1.06. The van der Waals surface area contributed by atoms with E-state index in [1.54, 1.807) is 6.20 Å². The molecule has 0 aliphatic carbocycles. The van der Waals surface area contributed by atoms with Gasteiger partial charge in [0.1, 0.15) is 0 Å². The molecule has 0 spiro atoms. The molecular formula is C12H13BrN4. The molecular weight excluding hydrogens is 280 g/mol. The maximum absolute atomic E-state index is 5.63. The van der Waals surface area contributed by atoms with E-state index < -0.39 is 0 Å². The van der Waals surface area contributed by atoms with Crippen LogP contribution in [0, 0.1) is 0 Å². The number of nitrogen functional groups attached to an aromatic ring is 1. The van der Waals surface area contributed by atoms with Crippen molar-refractivity contribution in [1.82, 2.24) is 9.97 Å². The third kappa shape index (κ3) is 2.55. The molecule has 17 heavy (non-hydrogen) atoms. The molecule has 0 radical (unpaired) electrons. The third-order valence-corrected chi connectivity index (χ3v) is 2.94. The van der Waals surface area contributed by atoms with Crippen molar-refractivity contribution >= 4 is 33.4 Å². The molecule has 0 atom stereocenters.